The number of para-hydroxylation sites is 1. The molecule has 0 heterocycles. The van der Waals surface area contributed by atoms with E-state index >= 15 is 0 Å². The lowest BCUT2D eigenvalue weighted by molar-refractivity contribution is 0.0921. The fourth-order valence-corrected chi connectivity index (χ4v) is 1.70. The van der Waals surface area contributed by atoms with Crippen molar-refractivity contribution in [3.63, 3.8) is 0 Å². The van der Waals surface area contributed by atoms with E-state index in [1.807, 2.05) is 0 Å². The van der Waals surface area contributed by atoms with Gasteiger partial charge in [0.05, 0.1) is 12.7 Å². The monoisotopic (exact) mass is 269 g/mol. The largest absolute Gasteiger partial charge is 0.497 e. The van der Waals surface area contributed by atoms with Crippen molar-refractivity contribution in [2.45, 2.75) is 0 Å². The Hall–Kier alpha value is -2.62. The number of benzene rings is 2. The average Bonchev–Trinajstić information content (AvgIpc) is 2.52. The van der Waals surface area contributed by atoms with Crippen LogP contribution in [0.3, 0.4) is 0 Å². The molecule has 0 N–H and O–H groups in total. The number of ether oxygens (including phenoxy) is 2. The molecule has 101 valence electrons. The lowest BCUT2D eigenvalue weighted by Gasteiger charge is -2.08. The van der Waals surface area contributed by atoms with Gasteiger partial charge in [-0.3, -0.25) is 9.59 Å². The number of carbonyl (C=O) groups is 1. The van der Waals surface area contributed by atoms with E-state index in [4.69, 9.17) is 9.47 Å². The van der Waals surface area contributed by atoms with Crippen LogP contribution in [0.5, 0.6) is 11.5 Å². The van der Waals surface area contributed by atoms with Gasteiger partial charge in [0.15, 0.2) is 12.4 Å². The van der Waals surface area contributed by atoms with E-state index < -0.39 is 0 Å². The van der Waals surface area contributed by atoms with E-state index in [0.717, 1.165) is 0 Å². The van der Waals surface area contributed by atoms with E-state index in [1.54, 1.807) is 54.8 Å². The van der Waals surface area contributed by atoms with Gasteiger partial charge in [0, 0.05) is 5.56 Å². The Morgan fingerprint density at radius 1 is 1.15 bits per heavy atom. The second-order valence-electron chi connectivity index (χ2n) is 4.04. The number of methoxy groups -OCH3 is 1. The quantitative estimate of drug-likeness (QED) is 0.756. The normalized spacial score (nSPS) is 9.85. The van der Waals surface area contributed by atoms with Gasteiger partial charge >= 0.3 is 0 Å². The topological polar surface area (TPSA) is 52.6 Å². The predicted octanol–water partition coefficient (Wildman–Crippen LogP) is 2.41. The summed E-state index contributed by atoms with van der Waals surface area (Å²) in [7, 11) is 1.54. The van der Waals surface area contributed by atoms with Crippen molar-refractivity contribution in [3.8, 4) is 11.5 Å². The van der Waals surface area contributed by atoms with E-state index in [1.165, 1.54) is 7.11 Å². The van der Waals surface area contributed by atoms with Gasteiger partial charge in [-0.1, -0.05) is 24.3 Å². The first kappa shape index (κ1) is 13.8. The fraction of sp³-hybridized carbons (Fsp3) is 0.125. The third-order valence-corrected chi connectivity index (χ3v) is 2.75. The summed E-state index contributed by atoms with van der Waals surface area (Å²) in [6.45, 7) is -0.147. The number of ketones is 1. The Labute approximate surface area is 116 Å². The van der Waals surface area contributed by atoms with Gasteiger partial charge in [-0.2, -0.15) is 0 Å². The molecule has 4 heteroatoms. The molecule has 0 aliphatic heterocycles. The maximum absolute atomic E-state index is 12.0. The lowest BCUT2D eigenvalue weighted by atomic mass is 10.1. The molecule has 2 aromatic rings. The standard InChI is InChI=1S/C16H13O4/c1-19-14-7-4-6-12(9-14)15(18)11-20-16-8-3-2-5-13(16)10-17/h2-9H,11H2,1H3. The molecule has 0 saturated carbocycles. The highest BCUT2D eigenvalue weighted by Crippen LogP contribution is 2.17. The summed E-state index contributed by atoms with van der Waals surface area (Å²) in [6, 6.07) is 13.5. The number of rotatable bonds is 6. The molecule has 1 radical (unpaired) electrons. The van der Waals surface area contributed by atoms with Crippen LogP contribution < -0.4 is 9.47 Å². The molecule has 0 unspecified atom stereocenters. The second-order valence-corrected chi connectivity index (χ2v) is 4.04. The van der Waals surface area contributed by atoms with Crippen LogP contribution in [-0.2, 0) is 4.79 Å². The van der Waals surface area contributed by atoms with Crippen molar-refractivity contribution < 1.29 is 19.1 Å². The first-order chi connectivity index (χ1) is 9.74. The van der Waals surface area contributed by atoms with E-state index in [2.05, 4.69) is 0 Å². The highest BCUT2D eigenvalue weighted by atomic mass is 16.5. The Morgan fingerprint density at radius 2 is 1.95 bits per heavy atom. The Morgan fingerprint density at radius 3 is 2.70 bits per heavy atom. The molecule has 0 fully saturated rings. The van der Waals surface area contributed by atoms with E-state index in [0.29, 0.717) is 22.6 Å². The van der Waals surface area contributed by atoms with Crippen LogP contribution in [-0.4, -0.2) is 25.8 Å². The summed E-state index contributed by atoms with van der Waals surface area (Å²) in [5, 5.41) is 0. The van der Waals surface area contributed by atoms with Crippen molar-refractivity contribution in [1.82, 2.24) is 0 Å². The molecule has 0 spiro atoms. The molecular weight excluding hydrogens is 256 g/mol. The minimum Gasteiger partial charge on any atom is -0.497 e. The highest BCUT2D eigenvalue weighted by Gasteiger charge is 2.09. The molecule has 0 saturated heterocycles. The highest BCUT2D eigenvalue weighted by molar-refractivity contribution is 5.97. The van der Waals surface area contributed by atoms with Crippen LogP contribution >= 0.6 is 0 Å². The summed E-state index contributed by atoms with van der Waals surface area (Å²) in [5.41, 5.74) is 0.794. The Kier molecular flexibility index (Phi) is 4.50. The van der Waals surface area contributed by atoms with Crippen molar-refractivity contribution in [1.29, 1.82) is 0 Å². The number of carbonyl (C=O) groups excluding carboxylic acids is 2. The van der Waals surface area contributed by atoms with Crippen LogP contribution in [0.1, 0.15) is 15.9 Å². The van der Waals surface area contributed by atoms with E-state index in [9.17, 15) is 9.59 Å². The predicted molar refractivity (Wildman–Crippen MR) is 74.1 cm³/mol. The number of hydrogen-bond acceptors (Lipinski definition) is 4. The zero-order valence-electron chi connectivity index (χ0n) is 11.0. The number of Topliss-reactive ketones (excluding diaryl/α,β-unsaturated/α-hetero) is 1. The molecule has 0 aliphatic rings. The summed E-state index contributed by atoms with van der Waals surface area (Å²) < 4.78 is 10.4. The van der Waals surface area contributed by atoms with Crippen molar-refractivity contribution in [3.05, 3.63) is 59.7 Å². The molecule has 0 aromatic heterocycles. The minimum atomic E-state index is -0.190. The van der Waals surface area contributed by atoms with Crippen LogP contribution in [0.15, 0.2) is 48.5 Å². The Balaban J connectivity index is 2.06. The zero-order chi connectivity index (χ0) is 14.4. The molecule has 2 rings (SSSR count). The SMILES string of the molecule is COc1cccc(C(=O)COc2ccccc2[C]=O)c1. The van der Waals surface area contributed by atoms with Crippen LogP contribution in [0, 0.1) is 0 Å². The lowest BCUT2D eigenvalue weighted by Crippen LogP contribution is -2.12. The average molecular weight is 269 g/mol. The second kappa shape index (κ2) is 6.52. The molecule has 4 nitrogen and oxygen atoms in total. The summed E-state index contributed by atoms with van der Waals surface area (Å²) in [4.78, 5) is 22.7. The molecule has 20 heavy (non-hydrogen) atoms. The molecule has 0 bridgehead atoms. The summed E-state index contributed by atoms with van der Waals surface area (Å²) in [6.07, 6.45) is 1.77. The molecule has 0 atom stereocenters. The van der Waals surface area contributed by atoms with Gasteiger partial charge in [-0.15, -0.1) is 0 Å². The van der Waals surface area contributed by atoms with Crippen LogP contribution in [0.25, 0.3) is 0 Å². The van der Waals surface area contributed by atoms with Crippen molar-refractivity contribution in [2.75, 3.05) is 13.7 Å². The van der Waals surface area contributed by atoms with Crippen LogP contribution in [0.4, 0.5) is 0 Å². The summed E-state index contributed by atoms with van der Waals surface area (Å²) in [5.74, 6) is 0.765. The Bertz CT molecular complexity index is 619. The van der Waals surface area contributed by atoms with Gasteiger partial charge in [0.25, 0.3) is 0 Å². The number of hydrogen-bond donors (Lipinski definition) is 0. The van der Waals surface area contributed by atoms with Gasteiger partial charge in [0.1, 0.15) is 11.5 Å². The van der Waals surface area contributed by atoms with Gasteiger partial charge < -0.3 is 9.47 Å². The molecule has 0 aliphatic carbocycles. The first-order valence-electron chi connectivity index (χ1n) is 6.02. The maximum Gasteiger partial charge on any atom is 0.237 e. The summed E-state index contributed by atoms with van der Waals surface area (Å²) >= 11 is 0. The van der Waals surface area contributed by atoms with Gasteiger partial charge in [-0.25, -0.2) is 0 Å². The van der Waals surface area contributed by atoms with Crippen LogP contribution in [0.2, 0.25) is 0 Å². The molecule has 2 aromatic carbocycles. The minimum absolute atomic E-state index is 0.147. The fourth-order valence-electron chi connectivity index (χ4n) is 1.70. The maximum atomic E-state index is 12.0. The first-order valence-corrected chi connectivity index (χ1v) is 6.02. The van der Waals surface area contributed by atoms with Crippen molar-refractivity contribution in [2.24, 2.45) is 0 Å². The smallest absolute Gasteiger partial charge is 0.237 e. The van der Waals surface area contributed by atoms with E-state index in [-0.39, 0.29) is 12.4 Å². The third kappa shape index (κ3) is 3.23. The van der Waals surface area contributed by atoms with Gasteiger partial charge in [-0.05, 0) is 24.3 Å². The third-order valence-electron chi connectivity index (χ3n) is 2.75. The molecular formula is C16H13O4. The van der Waals surface area contributed by atoms with Gasteiger partial charge in [0.2, 0.25) is 6.29 Å². The zero-order valence-corrected chi connectivity index (χ0v) is 11.0. The molecule has 0 amide bonds. The van der Waals surface area contributed by atoms with Crippen molar-refractivity contribution >= 4 is 12.1 Å².